The molecular weight excluding hydrogens is 666 g/mol. The number of alkyl carbamates (subject to hydrolysis) is 1. The second-order valence-corrected chi connectivity index (χ2v) is 15.9. The lowest BCUT2D eigenvalue weighted by Gasteiger charge is -2.44. The second kappa shape index (κ2) is 14.2. The van der Waals surface area contributed by atoms with Crippen molar-refractivity contribution in [3.05, 3.63) is 71.3 Å². The number of amides is 3. The van der Waals surface area contributed by atoms with Crippen LogP contribution >= 0.6 is 11.8 Å². The molecule has 9 nitrogen and oxygen atoms in total. The van der Waals surface area contributed by atoms with Crippen LogP contribution in [0.1, 0.15) is 63.6 Å². The topological polar surface area (TPSA) is 114 Å². The Morgan fingerprint density at radius 2 is 1.57 bits per heavy atom. The van der Waals surface area contributed by atoms with Gasteiger partial charge < -0.3 is 25.0 Å². The molecule has 0 bridgehead atoms. The summed E-state index contributed by atoms with van der Waals surface area (Å²) in [7, 11) is 0. The number of thioether (sulfide) groups is 1. The first-order valence-electron chi connectivity index (χ1n) is 16.1. The van der Waals surface area contributed by atoms with Crippen molar-refractivity contribution < 1.29 is 46.2 Å². The maximum absolute atomic E-state index is 14.6. The smallest absolute Gasteiger partial charge is 0.408 e. The van der Waals surface area contributed by atoms with Crippen molar-refractivity contribution in [2.24, 2.45) is 0 Å². The number of β-lactam (4-membered cyclic amide) rings is 1. The van der Waals surface area contributed by atoms with Gasteiger partial charge in [0, 0.05) is 17.6 Å². The lowest BCUT2D eigenvalue weighted by Crippen LogP contribution is -2.71. The van der Waals surface area contributed by atoms with Crippen LogP contribution in [0, 0.1) is 0 Å². The quantitative estimate of drug-likeness (QED) is 0.208. The Morgan fingerprint density at radius 1 is 0.959 bits per heavy atom. The van der Waals surface area contributed by atoms with Crippen LogP contribution in [0.2, 0.25) is 0 Å². The Hall–Kier alpha value is -3.81. The third kappa shape index (κ3) is 7.99. The summed E-state index contributed by atoms with van der Waals surface area (Å²) in [6.07, 6.45) is -10.6. The van der Waals surface area contributed by atoms with Gasteiger partial charge in [0.2, 0.25) is 11.8 Å². The molecule has 266 valence electrons. The van der Waals surface area contributed by atoms with Gasteiger partial charge in [0.1, 0.15) is 60.4 Å². The molecular formula is C35H41F4N3O6S. The fourth-order valence-corrected chi connectivity index (χ4v) is 8.05. The molecule has 0 spiro atoms. The highest BCUT2D eigenvalue weighted by Gasteiger charge is 2.64. The molecule has 0 radical (unpaired) electrons. The largest absolute Gasteiger partial charge is 0.459 e. The number of nitrogens with one attached hydrogen (secondary N) is 2. The summed E-state index contributed by atoms with van der Waals surface area (Å²) in [5.74, 6) is -3.39. The van der Waals surface area contributed by atoms with Crippen LogP contribution in [-0.2, 0) is 36.9 Å². The SMILES string of the molecule is CC(C)(C)OC(=O)N[C@@H](Cc1ccc(C2[C@@H](F)[C@@H](F)C[C@@H](F)[C@H]2F)cc1)C(=O)N[C@@H]1C(=O)N2C1SC(C)(C)[C@@H]2C(=O)OCc1ccccc1. The number of fused-ring (bicyclic) bond motifs is 1. The van der Waals surface area contributed by atoms with Crippen LogP contribution < -0.4 is 10.6 Å². The van der Waals surface area contributed by atoms with E-state index < -0.39 is 94.7 Å². The van der Waals surface area contributed by atoms with Crippen molar-refractivity contribution >= 4 is 35.6 Å². The number of benzene rings is 2. The third-order valence-electron chi connectivity index (χ3n) is 8.83. The number of hydrogen-bond acceptors (Lipinski definition) is 7. The highest BCUT2D eigenvalue weighted by atomic mass is 32.2. The first-order valence-corrected chi connectivity index (χ1v) is 17.0. The molecule has 3 fully saturated rings. The highest BCUT2D eigenvalue weighted by molar-refractivity contribution is 8.01. The monoisotopic (exact) mass is 707 g/mol. The first kappa shape index (κ1) is 36.5. The first-order chi connectivity index (χ1) is 23.0. The van der Waals surface area contributed by atoms with E-state index >= 15 is 0 Å². The molecule has 5 rings (SSSR count). The number of esters is 1. The highest BCUT2D eigenvalue weighted by Crippen LogP contribution is 2.51. The fourth-order valence-electron chi connectivity index (χ4n) is 6.43. The van der Waals surface area contributed by atoms with Crippen LogP contribution in [0.15, 0.2) is 54.6 Å². The maximum atomic E-state index is 14.6. The molecule has 2 unspecified atom stereocenters. The summed E-state index contributed by atoms with van der Waals surface area (Å²) in [5, 5.41) is 4.67. The van der Waals surface area contributed by atoms with Gasteiger partial charge in [-0.3, -0.25) is 9.59 Å². The average Bonchev–Trinajstić information content (AvgIpc) is 3.29. The summed E-state index contributed by atoms with van der Waals surface area (Å²) in [6.45, 7) is 8.62. The van der Waals surface area contributed by atoms with Gasteiger partial charge in [0.25, 0.3) is 0 Å². The van der Waals surface area contributed by atoms with E-state index in [4.69, 9.17) is 9.47 Å². The zero-order chi connectivity index (χ0) is 35.8. The number of ether oxygens (including phenoxy) is 2. The standard InChI is InChI=1S/C35H41F4N3O6S/c1-34(2,3)48-33(46)40-23(15-18-11-13-20(14-12-18)24-25(38)21(36)16-22(37)26(24)39)29(43)41-27-30(44)42-28(35(4,5)49-31(27)42)32(45)47-17-19-9-7-6-8-10-19/h6-14,21-28,31H,15-17H2,1-5H3,(H,40,46)(H,41,43)/t21-,22+,23-,24?,25-,26+,27+,28-,31?/m0/s1. The molecule has 2 aromatic rings. The number of halogens is 4. The minimum Gasteiger partial charge on any atom is -0.459 e. The van der Waals surface area contributed by atoms with Crippen molar-refractivity contribution in [2.75, 3.05) is 0 Å². The van der Waals surface area contributed by atoms with E-state index in [9.17, 15) is 36.7 Å². The number of rotatable bonds is 9. The minimum atomic E-state index is -2.22. The summed E-state index contributed by atoms with van der Waals surface area (Å²) < 4.78 is 67.4. The van der Waals surface area contributed by atoms with Gasteiger partial charge >= 0.3 is 12.1 Å². The zero-order valence-corrected chi connectivity index (χ0v) is 28.6. The van der Waals surface area contributed by atoms with Crippen LogP contribution in [0.5, 0.6) is 0 Å². The van der Waals surface area contributed by atoms with E-state index in [1.165, 1.54) is 40.9 Å². The van der Waals surface area contributed by atoms with Crippen molar-refractivity contribution in [1.82, 2.24) is 15.5 Å². The van der Waals surface area contributed by atoms with E-state index in [1.807, 2.05) is 44.2 Å². The Morgan fingerprint density at radius 3 is 2.16 bits per heavy atom. The van der Waals surface area contributed by atoms with Crippen LogP contribution in [0.25, 0.3) is 0 Å². The molecule has 2 heterocycles. The van der Waals surface area contributed by atoms with Gasteiger partial charge in [-0.1, -0.05) is 54.6 Å². The van der Waals surface area contributed by atoms with Gasteiger partial charge in [-0.25, -0.2) is 27.2 Å². The molecule has 2 aromatic carbocycles. The van der Waals surface area contributed by atoms with Crippen molar-refractivity contribution in [1.29, 1.82) is 0 Å². The second-order valence-electron chi connectivity index (χ2n) is 14.2. The normalized spacial score (nSPS) is 29.7. The van der Waals surface area contributed by atoms with E-state index in [-0.39, 0.29) is 18.6 Å². The van der Waals surface area contributed by atoms with Crippen LogP contribution in [-0.4, -0.2) is 87.3 Å². The number of alkyl halides is 4. The molecule has 3 amide bonds. The van der Waals surface area contributed by atoms with Crippen molar-refractivity contribution in [2.45, 2.75) is 119 Å². The lowest BCUT2D eigenvalue weighted by atomic mass is 9.79. The van der Waals surface area contributed by atoms with E-state index in [0.29, 0.717) is 5.56 Å². The van der Waals surface area contributed by atoms with E-state index in [1.54, 1.807) is 20.8 Å². The summed E-state index contributed by atoms with van der Waals surface area (Å²) in [6, 6.07) is 11.6. The summed E-state index contributed by atoms with van der Waals surface area (Å²) in [4.78, 5) is 54.4. The number of carbonyl (C=O) groups excluding carboxylic acids is 4. The van der Waals surface area contributed by atoms with Gasteiger partial charge in [-0.05, 0) is 51.3 Å². The molecule has 49 heavy (non-hydrogen) atoms. The predicted molar refractivity (Wildman–Crippen MR) is 175 cm³/mol. The Labute approximate surface area is 286 Å². The molecule has 3 aliphatic rings. The molecule has 9 atom stereocenters. The Balaban J connectivity index is 1.28. The molecule has 0 aromatic heterocycles. The summed E-state index contributed by atoms with van der Waals surface area (Å²) in [5.41, 5.74) is 0.423. The average molecular weight is 708 g/mol. The molecule has 1 aliphatic carbocycles. The number of carbonyl (C=O) groups is 4. The summed E-state index contributed by atoms with van der Waals surface area (Å²) >= 11 is 1.35. The number of hydrogen-bond donors (Lipinski definition) is 2. The molecule has 2 N–H and O–H groups in total. The molecule has 1 saturated carbocycles. The van der Waals surface area contributed by atoms with Crippen molar-refractivity contribution in [3.63, 3.8) is 0 Å². The number of nitrogens with zero attached hydrogens (tertiary/aromatic N) is 1. The molecule has 14 heteroatoms. The fraction of sp³-hybridized carbons (Fsp3) is 0.543. The van der Waals surface area contributed by atoms with Gasteiger partial charge in [0.05, 0.1) is 5.92 Å². The zero-order valence-electron chi connectivity index (χ0n) is 27.8. The van der Waals surface area contributed by atoms with E-state index in [2.05, 4.69) is 10.6 Å². The maximum Gasteiger partial charge on any atom is 0.408 e. The van der Waals surface area contributed by atoms with Gasteiger partial charge in [0.15, 0.2) is 0 Å². The minimum absolute atomic E-state index is 0.0406. The van der Waals surface area contributed by atoms with Gasteiger partial charge in [-0.2, -0.15) is 0 Å². The third-order valence-corrected chi connectivity index (χ3v) is 10.4. The van der Waals surface area contributed by atoms with E-state index in [0.717, 1.165) is 5.56 Å². The van der Waals surface area contributed by atoms with Gasteiger partial charge in [-0.15, -0.1) is 11.8 Å². The predicted octanol–water partition coefficient (Wildman–Crippen LogP) is 5.25. The Kier molecular flexibility index (Phi) is 10.6. The Bertz CT molecular complexity index is 1530. The van der Waals surface area contributed by atoms with Crippen LogP contribution in [0.3, 0.4) is 0 Å². The molecule has 2 aliphatic heterocycles. The van der Waals surface area contributed by atoms with Crippen LogP contribution in [0.4, 0.5) is 22.4 Å². The lowest BCUT2D eigenvalue weighted by molar-refractivity contribution is -0.165. The van der Waals surface area contributed by atoms with Crippen molar-refractivity contribution in [3.8, 4) is 0 Å². The molecule has 2 saturated heterocycles.